The first-order chi connectivity index (χ1) is 72.6. The van der Waals surface area contributed by atoms with Crippen LogP contribution in [0.4, 0.5) is 45.5 Å². The van der Waals surface area contributed by atoms with Crippen LogP contribution in [0.2, 0.25) is 0 Å². The lowest BCUT2D eigenvalue weighted by Crippen LogP contribution is -2.44. The molecule has 5 aromatic carbocycles. The van der Waals surface area contributed by atoms with E-state index in [-0.39, 0.29) is 29.1 Å². The maximum atomic E-state index is 12.6. The average Bonchev–Trinajstić information content (AvgIpc) is 1.62. The largest absolute Gasteiger partial charge is 0.397 e. The van der Waals surface area contributed by atoms with Crippen molar-refractivity contribution in [2.45, 2.75) is 46.5 Å². The standard InChI is InChI=1S/C31H29N9O.C29H33N9O.C27H27N9O.C23H23N9/c1-39-9-11-40(12-10-39)27-19-33-18-26-30(27)36-31(35-26)29-24-15-21(7-8-25(24)37-38-29)22-14-23(17-32-16-22)34-28(41)13-20-5-3-2-4-6-20;1-29(2,3)13-25(39)32-20-11-19(14-30-15-20)18-5-6-22-21(12-18)26(36-35-22)28-33-23-16-31-17-24(27(23)34-28)38-9-7-37(4)8-10-38;1-35-6-8-36(9-7-35)23-15-29-14-22-25(23)32-26(31-22)24-20-11-17(4-5-21(20)33-34-24)18-10-19(13-28-12-18)30-27(37)16-2-3-16;1-31-4-6-32(7-5-31)20-13-26-12-19-22(20)28-23(27-19)21-17-9-14(2-3-18(17)29-30-21)15-8-16(24)11-25-10-15/h2-8,14-19H,9-13H2,1H3,(H,34,41)(H,35,36)(H,37,38);5-6,11-12,14-17H,7-10,13H2,1-4H3,(H,32,39)(H,33,34)(H,35,36);4-5,10-16H,2-3,6-9H2,1H3,(H,30,37)(H,31,32)(H,33,34);2-3,8-13H,4-7,24H2,1H3,(H,27,28)(H,29,30). The lowest BCUT2D eigenvalue weighted by atomic mass is 9.92. The highest BCUT2D eigenvalue weighted by Crippen LogP contribution is 2.41. The second kappa shape index (κ2) is 40.7. The van der Waals surface area contributed by atoms with Gasteiger partial charge in [-0.1, -0.05) is 75.4 Å². The van der Waals surface area contributed by atoms with Gasteiger partial charge < -0.3 is 80.8 Å². The number of rotatable bonds is 19. The number of aromatic amines is 8. The zero-order valence-electron chi connectivity index (χ0n) is 83.6. The third-order valence-corrected chi connectivity index (χ3v) is 28.0. The molecule has 149 heavy (non-hydrogen) atoms. The van der Waals surface area contributed by atoms with E-state index in [2.05, 4.69) is 208 Å². The number of fused-ring (bicyclic) bond motifs is 8. The monoisotopic (exact) mass is 1980 g/mol. The van der Waals surface area contributed by atoms with E-state index in [0.717, 1.165) is 307 Å². The molecule has 4 aliphatic heterocycles. The number of carbonyl (C=O) groups excluding carboxylic acids is 3. The summed E-state index contributed by atoms with van der Waals surface area (Å²) < 4.78 is 0. The van der Waals surface area contributed by atoms with Gasteiger partial charge >= 0.3 is 0 Å². The van der Waals surface area contributed by atoms with Crippen LogP contribution in [0.5, 0.6) is 0 Å². The number of hydrogen-bond donors (Lipinski definition) is 12. The van der Waals surface area contributed by atoms with E-state index in [9.17, 15) is 14.4 Å². The van der Waals surface area contributed by atoms with Gasteiger partial charge in [0.25, 0.3) is 0 Å². The van der Waals surface area contributed by atoms with Crippen LogP contribution in [0.3, 0.4) is 0 Å². The first-order valence-corrected chi connectivity index (χ1v) is 50.2. The molecular formula is C110H112N36O3. The first kappa shape index (κ1) is 94.9. The molecule has 0 spiro atoms. The zero-order chi connectivity index (χ0) is 101. The third-order valence-electron chi connectivity index (χ3n) is 28.0. The van der Waals surface area contributed by atoms with Crippen LogP contribution in [-0.2, 0) is 20.8 Å². The Kier molecular flexibility index (Phi) is 25.9. The number of pyridine rings is 8. The van der Waals surface area contributed by atoms with Crippen molar-refractivity contribution in [2.75, 3.05) is 174 Å². The predicted molar refractivity (Wildman–Crippen MR) is 585 cm³/mol. The fourth-order valence-electron chi connectivity index (χ4n) is 19.6. The Bertz CT molecular complexity index is 8520. The first-order valence-electron chi connectivity index (χ1n) is 50.2. The molecule has 0 bridgehead atoms. The fraction of sp³-hybridized carbons (Fsp3) is 0.264. The number of aromatic nitrogens is 24. The third kappa shape index (κ3) is 20.7. The lowest BCUT2D eigenvalue weighted by Gasteiger charge is -2.33. The Labute approximate surface area is 855 Å². The number of piperazine rings is 4. The second-order valence-corrected chi connectivity index (χ2v) is 40.2. The van der Waals surface area contributed by atoms with Gasteiger partial charge in [0.05, 0.1) is 164 Å². The second-order valence-electron chi connectivity index (χ2n) is 40.2. The molecule has 1 aliphatic carbocycles. The number of carbonyl (C=O) groups is 3. The topological polar surface area (TPSA) is 472 Å². The van der Waals surface area contributed by atoms with E-state index in [1.54, 1.807) is 37.2 Å². The van der Waals surface area contributed by atoms with Crippen LogP contribution in [0.1, 0.15) is 45.6 Å². The number of hydrogen-bond acceptors (Lipinski definition) is 28. The summed E-state index contributed by atoms with van der Waals surface area (Å²) in [6.07, 6.45) is 31.4. The predicted octanol–water partition coefficient (Wildman–Crippen LogP) is 15.7. The highest BCUT2D eigenvalue weighted by Gasteiger charge is 2.32. The molecule has 0 radical (unpaired) electrons. The Hall–Kier alpha value is -17.7. The molecule has 1 saturated carbocycles. The summed E-state index contributed by atoms with van der Waals surface area (Å²) in [6.45, 7) is 21.8. The maximum Gasteiger partial charge on any atom is 0.228 e. The van der Waals surface area contributed by atoms with Crippen LogP contribution >= 0.6 is 0 Å². The molecule has 0 unspecified atom stereocenters. The summed E-state index contributed by atoms with van der Waals surface area (Å²) in [5, 5.41) is 43.7. The van der Waals surface area contributed by atoms with Crippen LogP contribution in [-0.4, -0.2) is 291 Å². The molecule has 13 N–H and O–H groups in total. The van der Waals surface area contributed by atoms with Gasteiger partial charge in [0.15, 0.2) is 23.3 Å². The highest BCUT2D eigenvalue weighted by atomic mass is 16.2. The van der Waals surface area contributed by atoms with E-state index >= 15 is 0 Å². The number of amides is 3. The molecule has 39 heteroatoms. The van der Waals surface area contributed by atoms with Gasteiger partial charge in [0, 0.05) is 192 Å². The van der Waals surface area contributed by atoms with Gasteiger partial charge in [-0.3, -0.25) is 74.7 Å². The number of nitrogens with zero attached hydrogens (tertiary/aromatic N) is 24. The summed E-state index contributed by atoms with van der Waals surface area (Å²) in [4.78, 5) is 125. The van der Waals surface area contributed by atoms with Crippen molar-refractivity contribution >= 4 is 151 Å². The van der Waals surface area contributed by atoms with Crippen LogP contribution in [0, 0.1) is 11.3 Å². The molecule has 16 aromatic heterocycles. The van der Waals surface area contributed by atoms with Gasteiger partial charge in [-0.25, -0.2) is 19.9 Å². The number of imidazole rings is 4. The average molecular weight is 1990 g/mol. The van der Waals surface area contributed by atoms with E-state index in [1.807, 2.05) is 186 Å². The quantitative estimate of drug-likeness (QED) is 0.0358. The van der Waals surface area contributed by atoms with Gasteiger partial charge in [-0.15, -0.1) is 0 Å². The number of H-pyrrole nitrogens is 8. The molecule has 5 fully saturated rings. The number of likely N-dealkylation sites (N-methyl/N-ethyl adjacent to an activating group) is 4. The van der Waals surface area contributed by atoms with E-state index in [1.165, 1.54) is 0 Å². The van der Waals surface area contributed by atoms with E-state index in [0.29, 0.717) is 53.1 Å². The van der Waals surface area contributed by atoms with Gasteiger partial charge in [0.1, 0.15) is 44.8 Å². The molecule has 26 rings (SSSR count). The fourth-order valence-corrected chi connectivity index (χ4v) is 19.6. The normalized spacial score (nSPS) is 15.1. The van der Waals surface area contributed by atoms with Gasteiger partial charge in [-0.05, 0) is 147 Å². The molecule has 5 aliphatic rings. The minimum Gasteiger partial charge on any atom is -0.397 e. The lowest BCUT2D eigenvalue weighted by molar-refractivity contribution is -0.118. The minimum absolute atomic E-state index is 0.0238. The van der Waals surface area contributed by atoms with Crippen molar-refractivity contribution in [3.63, 3.8) is 0 Å². The van der Waals surface area contributed by atoms with Gasteiger partial charge in [-0.2, -0.15) is 20.4 Å². The molecule has 3 amide bonds. The van der Waals surface area contributed by atoms with Crippen molar-refractivity contribution in [1.29, 1.82) is 0 Å². The molecule has 750 valence electrons. The summed E-state index contributed by atoms with van der Waals surface area (Å²) in [5.74, 6) is 2.90. The van der Waals surface area contributed by atoms with Gasteiger partial charge in [0.2, 0.25) is 17.7 Å². The van der Waals surface area contributed by atoms with Crippen LogP contribution in [0.15, 0.2) is 227 Å². The maximum absolute atomic E-state index is 12.6. The van der Waals surface area contributed by atoms with E-state index in [4.69, 9.17) is 25.7 Å². The van der Waals surface area contributed by atoms with Crippen LogP contribution < -0.4 is 41.3 Å². The number of benzene rings is 5. The van der Waals surface area contributed by atoms with Crippen molar-refractivity contribution < 1.29 is 14.4 Å². The van der Waals surface area contributed by atoms with Crippen LogP contribution in [0.25, 0.3) is 178 Å². The molecule has 4 saturated heterocycles. The molecular weight excluding hydrogens is 1870 g/mol. The smallest absolute Gasteiger partial charge is 0.228 e. The molecule has 20 heterocycles. The minimum atomic E-state index is -0.0875. The Morgan fingerprint density at radius 3 is 0.926 bits per heavy atom. The molecule has 0 atom stereocenters. The summed E-state index contributed by atoms with van der Waals surface area (Å²) in [7, 11) is 8.60. The van der Waals surface area contributed by atoms with Crippen molar-refractivity contribution in [1.82, 2.24) is 140 Å². The highest BCUT2D eigenvalue weighted by molar-refractivity contribution is 6.04. The number of nitrogens with two attached hydrogens (primary N) is 1. The number of anilines is 8. The molecule has 39 nitrogen and oxygen atoms in total. The van der Waals surface area contributed by atoms with E-state index < -0.39 is 0 Å². The Morgan fingerprint density at radius 2 is 0.617 bits per heavy atom. The summed E-state index contributed by atoms with van der Waals surface area (Å²) in [5.41, 5.74) is 35.2. The summed E-state index contributed by atoms with van der Waals surface area (Å²) in [6, 6.07) is 41.9. The Balaban J connectivity index is 0.000000109. The number of nitrogens with one attached hydrogen (secondary N) is 11. The molecule has 21 aromatic rings. The SMILES string of the molecule is CN1CCN(c2cncc3[nH]c(-c4n[nH]c5ccc(-c6cncc(N)c6)cc45)nc23)CC1.CN1CCN(c2cncc3[nH]c(-c4n[nH]c5ccc(-c6cncc(NC(=O)C7CC7)c6)cc45)nc23)CC1.CN1CCN(c2cncc3[nH]c(-c4n[nH]c5ccc(-c6cncc(NC(=O)CC(C)(C)C)c6)cc45)nc23)CC1.CN1CCN(c2cncc3[nH]c(-c4n[nH]c5ccc(-c6cncc(NC(=O)Cc7ccccc7)c6)cc45)nc23)CC1. The van der Waals surface area contributed by atoms with Crippen molar-refractivity contribution in [3.05, 3.63) is 232 Å². The summed E-state index contributed by atoms with van der Waals surface area (Å²) >= 11 is 0. The van der Waals surface area contributed by atoms with Crippen molar-refractivity contribution in [3.8, 4) is 90.6 Å². The zero-order valence-corrected chi connectivity index (χ0v) is 83.6. The Morgan fingerprint density at radius 1 is 0.322 bits per heavy atom. The number of nitrogen functional groups attached to an aromatic ring is 1. The van der Waals surface area contributed by atoms with Crippen molar-refractivity contribution in [2.24, 2.45) is 11.3 Å².